The van der Waals surface area contributed by atoms with Crippen molar-refractivity contribution in [3.8, 4) is 11.4 Å². The SMILES string of the molecule is O=C(N[C@@H]1CC(=O)N(C2CCCCCC2)C1)c1ccccc1-c1ncn[nH]1. The van der Waals surface area contributed by atoms with Gasteiger partial charge in [0.1, 0.15) is 6.33 Å². The van der Waals surface area contributed by atoms with Gasteiger partial charge in [-0.15, -0.1) is 0 Å². The number of nitrogens with zero attached hydrogens (tertiary/aromatic N) is 3. The lowest BCUT2D eigenvalue weighted by atomic mass is 10.1. The van der Waals surface area contributed by atoms with E-state index < -0.39 is 0 Å². The summed E-state index contributed by atoms with van der Waals surface area (Å²) in [5.74, 6) is 0.543. The number of benzene rings is 1. The summed E-state index contributed by atoms with van der Waals surface area (Å²) < 4.78 is 0. The number of nitrogens with one attached hydrogen (secondary N) is 2. The minimum atomic E-state index is -0.178. The van der Waals surface area contributed by atoms with Crippen LogP contribution in [0, 0.1) is 0 Å². The number of amides is 2. The van der Waals surface area contributed by atoms with Crippen LogP contribution in [0.4, 0.5) is 0 Å². The smallest absolute Gasteiger partial charge is 0.252 e. The van der Waals surface area contributed by atoms with Crippen LogP contribution in [0.1, 0.15) is 55.3 Å². The summed E-state index contributed by atoms with van der Waals surface area (Å²) in [5, 5.41) is 9.71. The van der Waals surface area contributed by atoms with E-state index in [1.54, 1.807) is 6.07 Å². The number of aromatic nitrogens is 3. The van der Waals surface area contributed by atoms with Gasteiger partial charge in [0.25, 0.3) is 5.91 Å². The molecule has 0 bridgehead atoms. The maximum absolute atomic E-state index is 12.9. The Morgan fingerprint density at radius 1 is 1.15 bits per heavy atom. The van der Waals surface area contributed by atoms with Crippen molar-refractivity contribution in [2.24, 2.45) is 0 Å². The fourth-order valence-corrected chi connectivity index (χ4v) is 4.24. The van der Waals surface area contributed by atoms with Gasteiger partial charge in [-0.1, -0.05) is 43.9 Å². The van der Waals surface area contributed by atoms with Crippen molar-refractivity contribution < 1.29 is 9.59 Å². The Morgan fingerprint density at radius 2 is 1.93 bits per heavy atom. The van der Waals surface area contributed by atoms with E-state index >= 15 is 0 Å². The molecule has 1 saturated carbocycles. The number of carbonyl (C=O) groups is 2. The topological polar surface area (TPSA) is 91.0 Å². The minimum absolute atomic E-state index is 0.143. The lowest BCUT2D eigenvalue weighted by Gasteiger charge is -2.27. The number of hydrogen-bond donors (Lipinski definition) is 2. The maximum Gasteiger partial charge on any atom is 0.252 e. The molecular formula is C20H25N5O2. The summed E-state index contributed by atoms with van der Waals surface area (Å²) in [6, 6.07) is 7.49. The predicted molar refractivity (Wildman–Crippen MR) is 101 cm³/mol. The van der Waals surface area contributed by atoms with E-state index in [0.29, 0.717) is 36.0 Å². The maximum atomic E-state index is 12.9. The van der Waals surface area contributed by atoms with Gasteiger partial charge >= 0.3 is 0 Å². The number of hydrogen-bond acceptors (Lipinski definition) is 4. The van der Waals surface area contributed by atoms with Crippen LogP contribution >= 0.6 is 0 Å². The predicted octanol–water partition coefficient (Wildman–Crippen LogP) is 2.53. The van der Waals surface area contributed by atoms with Crippen LogP contribution in [-0.2, 0) is 4.79 Å². The average molecular weight is 367 g/mol. The van der Waals surface area contributed by atoms with Crippen LogP contribution in [0.2, 0.25) is 0 Å². The van der Waals surface area contributed by atoms with Gasteiger partial charge in [0.05, 0.1) is 11.6 Å². The second kappa shape index (κ2) is 7.90. The number of aromatic amines is 1. The van der Waals surface area contributed by atoms with Crippen LogP contribution in [0.25, 0.3) is 11.4 Å². The van der Waals surface area contributed by atoms with Gasteiger partial charge in [-0.05, 0) is 18.9 Å². The van der Waals surface area contributed by atoms with Crippen molar-refractivity contribution in [2.75, 3.05) is 6.54 Å². The molecule has 7 heteroatoms. The molecule has 7 nitrogen and oxygen atoms in total. The van der Waals surface area contributed by atoms with Gasteiger partial charge in [0, 0.05) is 24.6 Å². The Hall–Kier alpha value is -2.70. The van der Waals surface area contributed by atoms with E-state index in [4.69, 9.17) is 0 Å². The minimum Gasteiger partial charge on any atom is -0.347 e. The van der Waals surface area contributed by atoms with E-state index in [1.807, 2.05) is 23.1 Å². The summed E-state index contributed by atoms with van der Waals surface area (Å²) in [6.07, 6.45) is 8.87. The summed E-state index contributed by atoms with van der Waals surface area (Å²) in [5.41, 5.74) is 1.24. The normalized spacial score (nSPS) is 21.3. The molecule has 0 unspecified atom stereocenters. The Morgan fingerprint density at radius 3 is 2.67 bits per heavy atom. The third kappa shape index (κ3) is 3.86. The van der Waals surface area contributed by atoms with Gasteiger partial charge < -0.3 is 10.2 Å². The zero-order valence-corrected chi connectivity index (χ0v) is 15.4. The molecule has 2 amide bonds. The molecule has 2 heterocycles. The van der Waals surface area contributed by atoms with Crippen molar-refractivity contribution in [1.82, 2.24) is 25.4 Å². The number of rotatable bonds is 4. The van der Waals surface area contributed by atoms with E-state index in [0.717, 1.165) is 12.8 Å². The van der Waals surface area contributed by atoms with Crippen molar-refractivity contribution in [3.05, 3.63) is 36.2 Å². The molecule has 142 valence electrons. The van der Waals surface area contributed by atoms with Crippen LogP contribution in [0.15, 0.2) is 30.6 Å². The van der Waals surface area contributed by atoms with Gasteiger partial charge in [0.15, 0.2) is 5.82 Å². The molecule has 1 aromatic heterocycles. The highest BCUT2D eigenvalue weighted by Crippen LogP contribution is 2.26. The molecule has 1 saturated heterocycles. The third-order valence-corrected chi connectivity index (χ3v) is 5.60. The molecule has 1 aliphatic heterocycles. The largest absolute Gasteiger partial charge is 0.347 e. The number of likely N-dealkylation sites (tertiary alicyclic amines) is 1. The Balaban J connectivity index is 1.44. The highest BCUT2D eigenvalue weighted by molar-refractivity contribution is 6.00. The van der Waals surface area contributed by atoms with Crippen LogP contribution < -0.4 is 5.32 Å². The Kier molecular flexibility index (Phi) is 5.18. The van der Waals surface area contributed by atoms with Crippen LogP contribution in [0.5, 0.6) is 0 Å². The molecule has 2 aliphatic rings. The quantitative estimate of drug-likeness (QED) is 0.813. The van der Waals surface area contributed by atoms with Crippen molar-refractivity contribution >= 4 is 11.8 Å². The molecular weight excluding hydrogens is 342 g/mol. The van der Waals surface area contributed by atoms with Crippen molar-refractivity contribution in [1.29, 1.82) is 0 Å². The van der Waals surface area contributed by atoms with E-state index in [2.05, 4.69) is 20.5 Å². The van der Waals surface area contributed by atoms with E-state index in [-0.39, 0.29) is 17.9 Å². The second-order valence-electron chi connectivity index (χ2n) is 7.45. The van der Waals surface area contributed by atoms with Gasteiger partial charge in [-0.3, -0.25) is 14.7 Å². The third-order valence-electron chi connectivity index (χ3n) is 5.60. The number of H-pyrrole nitrogens is 1. The molecule has 0 spiro atoms. The summed E-state index contributed by atoms with van der Waals surface area (Å²) in [7, 11) is 0. The van der Waals surface area contributed by atoms with Gasteiger partial charge in [-0.2, -0.15) is 5.10 Å². The number of carbonyl (C=O) groups excluding carboxylic acids is 2. The molecule has 2 N–H and O–H groups in total. The summed E-state index contributed by atoms with van der Waals surface area (Å²) >= 11 is 0. The standard InChI is InChI=1S/C20H25N5O2/c26-18-11-14(12-25(18)15-7-3-1-2-4-8-15)23-20(27)17-10-6-5-9-16(17)19-21-13-22-24-19/h5-6,9-10,13-15H,1-4,7-8,11-12H2,(H,23,27)(H,21,22,24)/t14-/m1/s1. The van der Waals surface area contributed by atoms with Crippen LogP contribution in [-0.4, -0.2) is 50.5 Å². The molecule has 1 atom stereocenters. The summed E-state index contributed by atoms with van der Waals surface area (Å²) in [4.78, 5) is 31.5. The fourth-order valence-electron chi connectivity index (χ4n) is 4.24. The fraction of sp³-hybridized carbons (Fsp3) is 0.500. The summed E-state index contributed by atoms with van der Waals surface area (Å²) in [6.45, 7) is 0.611. The zero-order valence-electron chi connectivity index (χ0n) is 15.4. The highest BCUT2D eigenvalue weighted by atomic mass is 16.2. The molecule has 1 aliphatic carbocycles. The van der Waals surface area contributed by atoms with Gasteiger partial charge in [0.2, 0.25) is 5.91 Å². The molecule has 2 fully saturated rings. The molecule has 2 aromatic rings. The monoisotopic (exact) mass is 367 g/mol. The first-order chi connectivity index (χ1) is 13.2. The first-order valence-electron chi connectivity index (χ1n) is 9.77. The van der Waals surface area contributed by atoms with E-state index in [9.17, 15) is 9.59 Å². The second-order valence-corrected chi connectivity index (χ2v) is 7.45. The average Bonchev–Trinajstić information content (AvgIpc) is 3.25. The first-order valence-corrected chi connectivity index (χ1v) is 9.77. The molecule has 0 radical (unpaired) electrons. The lowest BCUT2D eigenvalue weighted by molar-refractivity contribution is -0.129. The lowest BCUT2D eigenvalue weighted by Crippen LogP contribution is -2.40. The molecule has 4 rings (SSSR count). The van der Waals surface area contributed by atoms with E-state index in [1.165, 1.54) is 32.0 Å². The van der Waals surface area contributed by atoms with Gasteiger partial charge in [-0.25, -0.2) is 4.98 Å². The Bertz CT molecular complexity index is 796. The van der Waals surface area contributed by atoms with Crippen LogP contribution in [0.3, 0.4) is 0 Å². The van der Waals surface area contributed by atoms with Crippen molar-refractivity contribution in [2.45, 2.75) is 57.0 Å². The molecule has 1 aromatic carbocycles. The molecule has 27 heavy (non-hydrogen) atoms. The first kappa shape index (κ1) is 17.7. The zero-order chi connectivity index (χ0) is 18.6. The highest BCUT2D eigenvalue weighted by Gasteiger charge is 2.35. The van der Waals surface area contributed by atoms with Crippen molar-refractivity contribution in [3.63, 3.8) is 0 Å². The Labute approximate surface area is 158 Å².